The second kappa shape index (κ2) is 5.53. The normalized spacial score (nSPS) is 13.4. The van der Waals surface area contributed by atoms with Crippen LogP contribution < -0.4 is 5.73 Å². The molecule has 6 heteroatoms. The lowest BCUT2D eigenvalue weighted by molar-refractivity contribution is 0.269. The first-order valence-electron chi connectivity index (χ1n) is 4.40. The largest absolute Gasteiger partial charge is 0.374 e. The predicted octanol–water partition coefficient (Wildman–Crippen LogP) is 1.30. The van der Waals surface area contributed by atoms with Crippen LogP contribution in [0.1, 0.15) is 11.9 Å². The van der Waals surface area contributed by atoms with Crippen molar-refractivity contribution in [1.29, 1.82) is 0 Å². The van der Waals surface area contributed by atoms with E-state index in [-0.39, 0.29) is 0 Å². The predicted molar refractivity (Wildman–Crippen MR) is 63.6 cm³/mol. The number of nitrogen functional groups attached to an aromatic ring is 1. The molecular formula is C8H16N4S2. The number of aromatic nitrogens is 2. The molecule has 0 aliphatic rings. The summed E-state index contributed by atoms with van der Waals surface area (Å²) in [5, 5.41) is 9.31. The van der Waals surface area contributed by atoms with Gasteiger partial charge in [-0.2, -0.15) is 11.8 Å². The van der Waals surface area contributed by atoms with E-state index < -0.39 is 0 Å². The van der Waals surface area contributed by atoms with Gasteiger partial charge in [-0.15, -0.1) is 10.2 Å². The van der Waals surface area contributed by atoms with Crippen LogP contribution in [0.3, 0.4) is 0 Å². The van der Waals surface area contributed by atoms with E-state index in [1.54, 1.807) is 0 Å². The van der Waals surface area contributed by atoms with Crippen molar-refractivity contribution in [2.45, 2.75) is 19.5 Å². The fraction of sp³-hybridized carbons (Fsp3) is 0.750. The topological polar surface area (TPSA) is 55.0 Å². The Morgan fingerprint density at radius 1 is 1.57 bits per heavy atom. The van der Waals surface area contributed by atoms with Gasteiger partial charge in [-0.05, 0) is 20.2 Å². The van der Waals surface area contributed by atoms with Gasteiger partial charge < -0.3 is 5.73 Å². The summed E-state index contributed by atoms with van der Waals surface area (Å²) < 4.78 is 0. The molecule has 0 saturated heterocycles. The quantitative estimate of drug-likeness (QED) is 0.829. The molecular weight excluding hydrogens is 216 g/mol. The summed E-state index contributed by atoms with van der Waals surface area (Å²) in [5.74, 6) is 1.13. The smallest absolute Gasteiger partial charge is 0.203 e. The average Bonchev–Trinajstić information content (AvgIpc) is 2.51. The summed E-state index contributed by atoms with van der Waals surface area (Å²) >= 11 is 3.31. The Bertz CT molecular complexity index is 276. The third-order valence-corrected chi connectivity index (χ3v) is 3.58. The van der Waals surface area contributed by atoms with Crippen molar-refractivity contribution >= 4 is 28.2 Å². The zero-order valence-electron chi connectivity index (χ0n) is 8.73. The third-order valence-electron chi connectivity index (χ3n) is 2.03. The van der Waals surface area contributed by atoms with Crippen LogP contribution in [0, 0.1) is 0 Å². The molecule has 0 aromatic carbocycles. The second-order valence-electron chi connectivity index (χ2n) is 3.25. The molecule has 0 spiro atoms. The van der Waals surface area contributed by atoms with Crippen molar-refractivity contribution in [2.75, 3.05) is 24.8 Å². The lowest BCUT2D eigenvalue weighted by Crippen LogP contribution is -2.30. The maximum absolute atomic E-state index is 5.51. The molecule has 4 nitrogen and oxygen atoms in total. The van der Waals surface area contributed by atoms with Gasteiger partial charge in [0.15, 0.2) is 0 Å². The number of thioether (sulfide) groups is 1. The Hall–Kier alpha value is -0.330. The monoisotopic (exact) mass is 232 g/mol. The Balaban J connectivity index is 2.43. The molecule has 0 saturated carbocycles. The lowest BCUT2D eigenvalue weighted by Gasteiger charge is -2.22. The molecule has 0 radical (unpaired) electrons. The van der Waals surface area contributed by atoms with Crippen LogP contribution in [0.5, 0.6) is 0 Å². The molecule has 0 bridgehead atoms. The summed E-state index contributed by atoms with van der Waals surface area (Å²) in [6.07, 6.45) is 2.12. The summed E-state index contributed by atoms with van der Waals surface area (Å²) in [6, 6.07) is 0.551. The van der Waals surface area contributed by atoms with Gasteiger partial charge in [-0.3, -0.25) is 4.90 Å². The van der Waals surface area contributed by atoms with Gasteiger partial charge in [-0.1, -0.05) is 11.3 Å². The number of anilines is 1. The molecule has 1 aromatic heterocycles. The Kier molecular flexibility index (Phi) is 4.64. The van der Waals surface area contributed by atoms with Gasteiger partial charge in [0.05, 0.1) is 6.54 Å². The number of nitrogens with zero attached hydrogens (tertiary/aromatic N) is 3. The van der Waals surface area contributed by atoms with Gasteiger partial charge in [0.25, 0.3) is 0 Å². The van der Waals surface area contributed by atoms with E-state index >= 15 is 0 Å². The van der Waals surface area contributed by atoms with Crippen LogP contribution in [0.4, 0.5) is 5.13 Å². The molecule has 1 rings (SSSR count). The van der Waals surface area contributed by atoms with Gasteiger partial charge in [0, 0.05) is 11.8 Å². The minimum atomic E-state index is 0.547. The van der Waals surface area contributed by atoms with Crippen LogP contribution in [-0.2, 0) is 6.54 Å². The molecule has 1 heterocycles. The molecule has 2 N–H and O–H groups in total. The summed E-state index contributed by atoms with van der Waals surface area (Å²) in [5.41, 5.74) is 5.51. The van der Waals surface area contributed by atoms with Crippen molar-refractivity contribution < 1.29 is 0 Å². The van der Waals surface area contributed by atoms with Crippen LogP contribution in [0.25, 0.3) is 0 Å². The SMILES string of the molecule is CSCC(C)N(C)Cc1nnc(N)s1. The summed E-state index contributed by atoms with van der Waals surface area (Å²) in [7, 11) is 2.10. The van der Waals surface area contributed by atoms with Crippen LogP contribution >= 0.6 is 23.1 Å². The van der Waals surface area contributed by atoms with E-state index in [1.165, 1.54) is 11.3 Å². The van der Waals surface area contributed by atoms with Crippen molar-refractivity contribution in [3.63, 3.8) is 0 Å². The first kappa shape index (κ1) is 11.7. The highest BCUT2D eigenvalue weighted by atomic mass is 32.2. The van der Waals surface area contributed by atoms with E-state index in [4.69, 9.17) is 5.73 Å². The highest BCUT2D eigenvalue weighted by molar-refractivity contribution is 7.98. The molecule has 14 heavy (non-hydrogen) atoms. The fourth-order valence-electron chi connectivity index (χ4n) is 1.07. The molecule has 80 valence electrons. The minimum Gasteiger partial charge on any atom is -0.374 e. The van der Waals surface area contributed by atoms with Gasteiger partial charge in [0.2, 0.25) is 5.13 Å². The standard InChI is InChI=1S/C8H16N4S2/c1-6(5-13-3)12(2)4-7-10-11-8(9)14-7/h6H,4-5H2,1-3H3,(H2,9,11). The van der Waals surface area contributed by atoms with Crippen molar-refractivity contribution in [2.24, 2.45) is 0 Å². The first-order chi connectivity index (χ1) is 6.63. The maximum atomic E-state index is 5.51. The highest BCUT2D eigenvalue weighted by Crippen LogP contribution is 2.14. The molecule has 0 fully saturated rings. The van der Waals surface area contributed by atoms with Gasteiger partial charge >= 0.3 is 0 Å². The molecule has 1 atom stereocenters. The molecule has 0 amide bonds. The third kappa shape index (κ3) is 3.43. The van der Waals surface area contributed by atoms with Crippen molar-refractivity contribution in [3.8, 4) is 0 Å². The fourth-order valence-corrected chi connectivity index (χ4v) is 2.48. The van der Waals surface area contributed by atoms with Gasteiger partial charge in [0.1, 0.15) is 5.01 Å². The molecule has 1 aromatic rings. The second-order valence-corrected chi connectivity index (χ2v) is 5.26. The van der Waals surface area contributed by atoms with Crippen LogP contribution in [0.2, 0.25) is 0 Å². The summed E-state index contributed by atoms with van der Waals surface area (Å²) in [6.45, 7) is 3.04. The zero-order valence-corrected chi connectivity index (χ0v) is 10.4. The van der Waals surface area contributed by atoms with Crippen LogP contribution in [0.15, 0.2) is 0 Å². The first-order valence-corrected chi connectivity index (χ1v) is 6.61. The zero-order chi connectivity index (χ0) is 10.6. The highest BCUT2D eigenvalue weighted by Gasteiger charge is 2.11. The number of hydrogen-bond donors (Lipinski definition) is 1. The van der Waals surface area contributed by atoms with E-state index in [9.17, 15) is 0 Å². The number of rotatable bonds is 5. The van der Waals surface area contributed by atoms with E-state index in [0.29, 0.717) is 11.2 Å². The Morgan fingerprint density at radius 3 is 2.79 bits per heavy atom. The Labute approximate surface area is 92.9 Å². The lowest BCUT2D eigenvalue weighted by atomic mass is 10.3. The number of hydrogen-bond acceptors (Lipinski definition) is 6. The van der Waals surface area contributed by atoms with E-state index in [0.717, 1.165) is 17.3 Å². The molecule has 0 aliphatic carbocycles. The maximum Gasteiger partial charge on any atom is 0.203 e. The summed E-state index contributed by atoms with van der Waals surface area (Å²) in [4.78, 5) is 2.26. The van der Waals surface area contributed by atoms with Crippen molar-refractivity contribution in [3.05, 3.63) is 5.01 Å². The van der Waals surface area contributed by atoms with Crippen LogP contribution in [-0.4, -0.2) is 40.2 Å². The van der Waals surface area contributed by atoms with Gasteiger partial charge in [-0.25, -0.2) is 0 Å². The average molecular weight is 232 g/mol. The Morgan fingerprint density at radius 2 is 2.29 bits per heavy atom. The molecule has 0 aliphatic heterocycles. The number of nitrogens with two attached hydrogens (primary N) is 1. The van der Waals surface area contributed by atoms with Crippen molar-refractivity contribution in [1.82, 2.24) is 15.1 Å². The van der Waals surface area contributed by atoms with E-state index in [1.807, 2.05) is 11.8 Å². The molecule has 1 unspecified atom stereocenters. The minimum absolute atomic E-state index is 0.547. The van der Waals surface area contributed by atoms with E-state index in [2.05, 4.69) is 35.3 Å².